The second-order valence-electron chi connectivity index (χ2n) is 12.9. The minimum Gasteiger partial charge on any atom is -0.455 e. The molecule has 3 heterocycles. The molecule has 4 heteroatoms. The van der Waals surface area contributed by atoms with Crippen LogP contribution in [0.3, 0.4) is 0 Å². The largest absolute Gasteiger partial charge is 0.455 e. The first-order valence-corrected chi connectivity index (χ1v) is 17.7. The molecule has 0 aliphatic heterocycles. The molecular weight excluding hydrogens is 629 g/mol. The van der Waals surface area contributed by atoms with E-state index in [1.807, 2.05) is 11.3 Å². The minimum absolute atomic E-state index is 0.885. The van der Waals surface area contributed by atoms with E-state index in [0.29, 0.717) is 0 Å². The van der Waals surface area contributed by atoms with Crippen molar-refractivity contribution < 1.29 is 4.42 Å². The monoisotopic (exact) mass is 656 g/mol. The van der Waals surface area contributed by atoms with Gasteiger partial charge >= 0.3 is 0 Å². The van der Waals surface area contributed by atoms with Gasteiger partial charge in [0, 0.05) is 64.2 Å². The maximum Gasteiger partial charge on any atom is 0.143 e. The molecule has 11 aromatic rings. The highest BCUT2D eigenvalue weighted by atomic mass is 32.1. The number of hydrogen-bond acceptors (Lipinski definition) is 3. The van der Waals surface area contributed by atoms with Gasteiger partial charge < -0.3 is 13.9 Å². The number of thiophene rings is 1. The molecule has 234 valence electrons. The molecule has 0 atom stereocenters. The maximum atomic E-state index is 6.57. The van der Waals surface area contributed by atoms with E-state index in [4.69, 9.17) is 4.42 Å². The Morgan fingerprint density at radius 1 is 0.460 bits per heavy atom. The number of rotatable bonds is 4. The number of para-hydroxylation sites is 3. The first kappa shape index (κ1) is 27.6. The number of fused-ring (bicyclic) bond motifs is 11. The van der Waals surface area contributed by atoms with Crippen LogP contribution in [0.1, 0.15) is 0 Å². The summed E-state index contributed by atoms with van der Waals surface area (Å²) in [5.74, 6) is 0. The topological polar surface area (TPSA) is 21.3 Å². The summed E-state index contributed by atoms with van der Waals surface area (Å²) in [5, 5.41) is 9.54. The van der Waals surface area contributed by atoms with Crippen LogP contribution in [0, 0.1) is 0 Å². The molecule has 0 bridgehead atoms. The predicted molar refractivity (Wildman–Crippen MR) is 213 cm³/mol. The second kappa shape index (κ2) is 10.6. The minimum atomic E-state index is 0.885. The van der Waals surface area contributed by atoms with Gasteiger partial charge in [0.1, 0.15) is 11.2 Å². The Morgan fingerprint density at radius 2 is 1.16 bits per heavy atom. The molecule has 0 spiro atoms. The number of aromatic nitrogens is 1. The first-order chi connectivity index (χ1) is 24.8. The van der Waals surface area contributed by atoms with Crippen LogP contribution in [0.15, 0.2) is 174 Å². The van der Waals surface area contributed by atoms with Gasteiger partial charge in [-0.05, 0) is 78.2 Å². The van der Waals surface area contributed by atoms with Crippen molar-refractivity contribution in [3.05, 3.63) is 170 Å². The van der Waals surface area contributed by atoms with E-state index in [2.05, 4.69) is 179 Å². The molecule has 0 radical (unpaired) electrons. The molecule has 0 aliphatic rings. The highest BCUT2D eigenvalue weighted by molar-refractivity contribution is 7.25. The molecule has 0 aliphatic carbocycles. The smallest absolute Gasteiger partial charge is 0.143 e. The number of benzene rings is 8. The Balaban J connectivity index is 1.24. The van der Waals surface area contributed by atoms with Crippen LogP contribution in [0.4, 0.5) is 17.1 Å². The van der Waals surface area contributed by atoms with Crippen molar-refractivity contribution in [3.8, 4) is 5.69 Å². The van der Waals surface area contributed by atoms with E-state index in [0.717, 1.165) is 50.1 Å². The van der Waals surface area contributed by atoms with Crippen LogP contribution >= 0.6 is 11.3 Å². The lowest BCUT2D eigenvalue weighted by molar-refractivity contribution is 0.672. The van der Waals surface area contributed by atoms with Gasteiger partial charge in [0.2, 0.25) is 0 Å². The summed E-state index contributed by atoms with van der Waals surface area (Å²) in [5.41, 5.74) is 8.59. The lowest BCUT2D eigenvalue weighted by atomic mass is 10.0. The van der Waals surface area contributed by atoms with E-state index < -0.39 is 0 Å². The van der Waals surface area contributed by atoms with Crippen LogP contribution < -0.4 is 4.90 Å². The quantitative estimate of drug-likeness (QED) is 0.188. The highest BCUT2D eigenvalue weighted by Gasteiger charge is 2.23. The number of anilines is 3. The van der Waals surface area contributed by atoms with Crippen LogP contribution in [0.25, 0.3) is 80.4 Å². The van der Waals surface area contributed by atoms with Gasteiger partial charge in [0.05, 0.1) is 16.7 Å². The van der Waals surface area contributed by atoms with Gasteiger partial charge in [-0.25, -0.2) is 0 Å². The fraction of sp³-hybridized carbons (Fsp3) is 0. The number of hydrogen-bond donors (Lipinski definition) is 0. The van der Waals surface area contributed by atoms with Gasteiger partial charge in [-0.2, -0.15) is 0 Å². The summed E-state index contributed by atoms with van der Waals surface area (Å²) in [6, 6.07) is 61.3. The Hall–Kier alpha value is -6.36. The first-order valence-electron chi connectivity index (χ1n) is 16.9. The van der Waals surface area contributed by atoms with Crippen molar-refractivity contribution in [3.63, 3.8) is 0 Å². The summed E-state index contributed by atoms with van der Waals surface area (Å²) in [7, 11) is 0. The van der Waals surface area contributed by atoms with Crippen LogP contribution in [-0.4, -0.2) is 4.57 Å². The fourth-order valence-corrected chi connectivity index (χ4v) is 9.02. The van der Waals surface area contributed by atoms with Crippen LogP contribution in [-0.2, 0) is 0 Å². The maximum absolute atomic E-state index is 6.57. The second-order valence-corrected chi connectivity index (χ2v) is 14.0. The summed E-state index contributed by atoms with van der Waals surface area (Å²) in [4.78, 5) is 2.44. The standard InChI is InChI=1S/C46H28N2OS/c1-2-12-30(13-3-1)48-40-18-8-6-15-34(40)36-17-10-19-41(45(36)48)47(32-23-26-44-39(28-32)35-16-7-9-20-43(35)50-44)31-22-25-42-38(27-31)37-24-21-29-11-4-5-14-33(29)46(37)49-42/h1-28H. The summed E-state index contributed by atoms with van der Waals surface area (Å²) < 4.78 is 11.6. The molecule has 3 aromatic heterocycles. The van der Waals surface area contributed by atoms with E-state index in [-0.39, 0.29) is 0 Å². The molecular formula is C46H28N2OS. The van der Waals surface area contributed by atoms with E-state index in [1.54, 1.807) is 0 Å². The third-order valence-corrected chi connectivity index (χ3v) is 11.3. The molecule has 3 nitrogen and oxygen atoms in total. The van der Waals surface area contributed by atoms with Crippen molar-refractivity contribution in [2.45, 2.75) is 0 Å². The molecule has 0 amide bonds. The molecule has 50 heavy (non-hydrogen) atoms. The lowest BCUT2D eigenvalue weighted by Crippen LogP contribution is -2.11. The molecule has 0 saturated carbocycles. The molecule has 0 fully saturated rings. The summed E-state index contributed by atoms with van der Waals surface area (Å²) in [6.45, 7) is 0. The normalized spacial score (nSPS) is 12.0. The predicted octanol–water partition coefficient (Wildman–Crippen LogP) is 13.7. The van der Waals surface area contributed by atoms with Crippen molar-refractivity contribution in [1.82, 2.24) is 4.57 Å². The number of nitrogens with zero attached hydrogens (tertiary/aromatic N) is 2. The number of furan rings is 1. The molecule has 11 rings (SSSR count). The molecule has 0 saturated heterocycles. The average Bonchev–Trinajstić information content (AvgIpc) is 3.85. The van der Waals surface area contributed by atoms with Crippen molar-refractivity contribution in [2.24, 2.45) is 0 Å². The highest BCUT2D eigenvalue weighted by Crippen LogP contribution is 2.46. The molecule has 0 N–H and O–H groups in total. The fourth-order valence-electron chi connectivity index (χ4n) is 7.94. The zero-order valence-corrected chi connectivity index (χ0v) is 27.7. The zero-order valence-electron chi connectivity index (χ0n) is 26.9. The SMILES string of the molecule is c1ccc(-n2c3ccccc3c3cccc(N(c4ccc5oc6c7ccccc7ccc6c5c4)c4ccc5sc6ccccc6c5c4)c32)cc1. The summed E-state index contributed by atoms with van der Waals surface area (Å²) >= 11 is 1.85. The van der Waals surface area contributed by atoms with Crippen molar-refractivity contribution in [1.29, 1.82) is 0 Å². The van der Waals surface area contributed by atoms with Crippen molar-refractivity contribution in [2.75, 3.05) is 4.90 Å². The van der Waals surface area contributed by atoms with Crippen LogP contribution in [0.2, 0.25) is 0 Å². The van der Waals surface area contributed by atoms with E-state index in [9.17, 15) is 0 Å². The van der Waals surface area contributed by atoms with Gasteiger partial charge in [0.15, 0.2) is 0 Å². The van der Waals surface area contributed by atoms with Gasteiger partial charge in [-0.15, -0.1) is 11.3 Å². The Morgan fingerprint density at radius 3 is 2.06 bits per heavy atom. The van der Waals surface area contributed by atoms with E-state index >= 15 is 0 Å². The Bertz CT molecular complexity index is 3110. The Kier molecular flexibility index (Phi) is 5.83. The van der Waals surface area contributed by atoms with Gasteiger partial charge in [-0.1, -0.05) is 97.1 Å². The lowest BCUT2D eigenvalue weighted by Gasteiger charge is -2.27. The van der Waals surface area contributed by atoms with Crippen molar-refractivity contribution >= 4 is 103 Å². The van der Waals surface area contributed by atoms with Crippen LogP contribution in [0.5, 0.6) is 0 Å². The average molecular weight is 657 g/mol. The van der Waals surface area contributed by atoms with Gasteiger partial charge in [-0.3, -0.25) is 0 Å². The third-order valence-electron chi connectivity index (χ3n) is 10.2. The summed E-state index contributed by atoms with van der Waals surface area (Å²) in [6.07, 6.45) is 0. The zero-order chi connectivity index (χ0) is 32.8. The molecule has 0 unspecified atom stereocenters. The van der Waals surface area contributed by atoms with E-state index in [1.165, 1.54) is 47.4 Å². The Labute approximate surface area is 291 Å². The van der Waals surface area contributed by atoms with Gasteiger partial charge in [0.25, 0.3) is 0 Å². The third kappa shape index (κ3) is 3.97. The molecule has 8 aromatic carbocycles.